The van der Waals surface area contributed by atoms with Gasteiger partial charge in [-0.25, -0.2) is 0 Å². The molecule has 0 heterocycles. The summed E-state index contributed by atoms with van der Waals surface area (Å²) in [5, 5.41) is 2.60. The minimum atomic E-state index is 0.356. The second kappa shape index (κ2) is 5.80. The Labute approximate surface area is 128 Å². The zero-order valence-electron chi connectivity index (χ0n) is 11.5. The molecule has 0 nitrogen and oxygen atoms in total. The van der Waals surface area contributed by atoms with E-state index in [4.69, 9.17) is 0 Å². The van der Waals surface area contributed by atoms with E-state index in [-0.39, 0.29) is 0 Å². The van der Waals surface area contributed by atoms with Gasteiger partial charge in [0.15, 0.2) is 0 Å². The summed E-state index contributed by atoms with van der Waals surface area (Å²) in [7, 11) is 0. The molecule has 0 saturated heterocycles. The Morgan fingerprint density at radius 3 is 2.30 bits per heavy atom. The lowest BCUT2D eigenvalue weighted by Gasteiger charge is -2.11. The van der Waals surface area contributed by atoms with Crippen molar-refractivity contribution in [1.82, 2.24) is 0 Å². The number of hydrogen-bond donors (Lipinski definition) is 0. The summed E-state index contributed by atoms with van der Waals surface area (Å²) in [6.07, 6.45) is 1.01. The zero-order valence-corrected chi connectivity index (χ0v) is 13.1. The molecule has 0 bridgehead atoms. The molecule has 0 fully saturated rings. The van der Waals surface area contributed by atoms with Crippen LogP contribution in [0.2, 0.25) is 0 Å². The molecule has 100 valence electrons. The van der Waals surface area contributed by atoms with Gasteiger partial charge in [0.25, 0.3) is 0 Å². The SMILES string of the molecule is Cc1ccc(CC(Br)c2ccc3ccccc3c2)cc1. The average molecular weight is 325 g/mol. The molecule has 0 aromatic heterocycles. The number of rotatable bonds is 3. The van der Waals surface area contributed by atoms with Crippen molar-refractivity contribution in [2.45, 2.75) is 18.2 Å². The van der Waals surface area contributed by atoms with E-state index in [0.29, 0.717) is 4.83 Å². The van der Waals surface area contributed by atoms with Gasteiger partial charge < -0.3 is 0 Å². The van der Waals surface area contributed by atoms with E-state index in [1.807, 2.05) is 0 Å². The van der Waals surface area contributed by atoms with Crippen molar-refractivity contribution in [3.8, 4) is 0 Å². The summed E-state index contributed by atoms with van der Waals surface area (Å²) in [6, 6.07) is 24.0. The van der Waals surface area contributed by atoms with Crippen LogP contribution >= 0.6 is 15.9 Å². The van der Waals surface area contributed by atoms with E-state index in [1.54, 1.807) is 0 Å². The predicted octanol–water partition coefficient (Wildman–Crippen LogP) is 5.83. The highest BCUT2D eigenvalue weighted by molar-refractivity contribution is 9.09. The third-order valence-corrected chi connectivity index (χ3v) is 4.52. The molecular weight excluding hydrogens is 308 g/mol. The van der Waals surface area contributed by atoms with Crippen molar-refractivity contribution < 1.29 is 0 Å². The lowest BCUT2D eigenvalue weighted by Crippen LogP contribution is -1.95. The second-order valence-corrected chi connectivity index (χ2v) is 6.37. The van der Waals surface area contributed by atoms with Crippen molar-refractivity contribution in [2.75, 3.05) is 0 Å². The molecule has 1 atom stereocenters. The van der Waals surface area contributed by atoms with Crippen LogP contribution in [0.3, 0.4) is 0 Å². The quantitative estimate of drug-likeness (QED) is 0.532. The first-order valence-corrected chi connectivity index (χ1v) is 7.82. The maximum absolute atomic E-state index is 3.83. The van der Waals surface area contributed by atoms with Gasteiger partial charge in [-0.2, -0.15) is 0 Å². The molecule has 3 aromatic carbocycles. The number of alkyl halides is 1. The van der Waals surface area contributed by atoms with Crippen LogP contribution in [0.5, 0.6) is 0 Å². The van der Waals surface area contributed by atoms with E-state index in [1.165, 1.54) is 27.5 Å². The minimum Gasteiger partial charge on any atom is -0.0835 e. The van der Waals surface area contributed by atoms with Crippen LogP contribution in [0.15, 0.2) is 66.7 Å². The first-order valence-electron chi connectivity index (χ1n) is 6.91. The van der Waals surface area contributed by atoms with Gasteiger partial charge in [0, 0.05) is 4.83 Å². The Hall–Kier alpha value is -1.60. The molecule has 20 heavy (non-hydrogen) atoms. The lowest BCUT2D eigenvalue weighted by atomic mass is 10.0. The fourth-order valence-electron chi connectivity index (χ4n) is 2.45. The van der Waals surface area contributed by atoms with Crippen LogP contribution < -0.4 is 0 Å². The van der Waals surface area contributed by atoms with E-state index in [0.717, 1.165) is 6.42 Å². The van der Waals surface area contributed by atoms with E-state index >= 15 is 0 Å². The van der Waals surface area contributed by atoms with Crippen molar-refractivity contribution in [1.29, 1.82) is 0 Å². The van der Waals surface area contributed by atoms with Crippen molar-refractivity contribution >= 4 is 26.7 Å². The summed E-state index contributed by atoms with van der Waals surface area (Å²) < 4.78 is 0. The molecule has 3 aromatic rings. The van der Waals surface area contributed by atoms with Crippen molar-refractivity contribution in [2.24, 2.45) is 0 Å². The van der Waals surface area contributed by atoms with Gasteiger partial charge >= 0.3 is 0 Å². The number of aryl methyl sites for hydroxylation is 1. The normalized spacial score (nSPS) is 12.5. The monoisotopic (exact) mass is 324 g/mol. The van der Waals surface area contributed by atoms with Gasteiger partial charge in [-0.3, -0.25) is 0 Å². The van der Waals surface area contributed by atoms with Crippen molar-refractivity contribution in [3.63, 3.8) is 0 Å². The molecular formula is C19H17Br. The van der Waals surface area contributed by atoms with Gasteiger partial charge in [0.1, 0.15) is 0 Å². The van der Waals surface area contributed by atoms with Crippen LogP contribution in [0, 0.1) is 6.92 Å². The molecule has 0 radical (unpaired) electrons. The Morgan fingerprint density at radius 1 is 0.850 bits per heavy atom. The second-order valence-electron chi connectivity index (χ2n) is 5.26. The molecule has 0 saturated carbocycles. The number of halogens is 1. The summed E-state index contributed by atoms with van der Waals surface area (Å²) in [5.41, 5.74) is 4.01. The smallest absolute Gasteiger partial charge is 0.0435 e. The van der Waals surface area contributed by atoms with Crippen molar-refractivity contribution in [3.05, 3.63) is 83.4 Å². The number of hydrogen-bond acceptors (Lipinski definition) is 0. The van der Waals surface area contributed by atoms with Gasteiger partial charge in [0.05, 0.1) is 0 Å². The third kappa shape index (κ3) is 2.94. The van der Waals surface area contributed by atoms with E-state index in [9.17, 15) is 0 Å². The largest absolute Gasteiger partial charge is 0.0835 e. The summed E-state index contributed by atoms with van der Waals surface area (Å²) >= 11 is 3.83. The van der Waals surface area contributed by atoms with Crippen LogP contribution in [-0.4, -0.2) is 0 Å². The highest BCUT2D eigenvalue weighted by atomic mass is 79.9. The van der Waals surface area contributed by atoms with Crippen LogP contribution in [0.4, 0.5) is 0 Å². The maximum atomic E-state index is 3.83. The van der Waals surface area contributed by atoms with Crippen LogP contribution in [0.1, 0.15) is 21.5 Å². The average Bonchev–Trinajstić information content (AvgIpc) is 2.49. The van der Waals surface area contributed by atoms with E-state index < -0.39 is 0 Å². The minimum absolute atomic E-state index is 0.356. The lowest BCUT2D eigenvalue weighted by molar-refractivity contribution is 0.950. The molecule has 1 heteroatoms. The molecule has 0 aliphatic carbocycles. The fourth-order valence-corrected chi connectivity index (χ4v) is 3.11. The molecule has 0 aliphatic rings. The topological polar surface area (TPSA) is 0 Å². The molecule has 0 N–H and O–H groups in total. The summed E-state index contributed by atoms with van der Waals surface area (Å²) in [5.74, 6) is 0. The Bertz CT molecular complexity index is 713. The highest BCUT2D eigenvalue weighted by Crippen LogP contribution is 2.29. The first kappa shape index (κ1) is 13.4. The van der Waals surface area contributed by atoms with Gasteiger partial charge in [0.2, 0.25) is 0 Å². The third-order valence-electron chi connectivity index (χ3n) is 3.67. The van der Waals surface area contributed by atoms with Gasteiger partial charge in [-0.15, -0.1) is 0 Å². The molecule has 0 aliphatic heterocycles. The van der Waals surface area contributed by atoms with Gasteiger partial charge in [-0.1, -0.05) is 88.2 Å². The first-order chi connectivity index (χ1) is 9.72. The predicted molar refractivity (Wildman–Crippen MR) is 90.5 cm³/mol. The van der Waals surface area contributed by atoms with Crippen LogP contribution in [-0.2, 0) is 6.42 Å². The highest BCUT2D eigenvalue weighted by Gasteiger charge is 2.09. The number of fused-ring (bicyclic) bond motifs is 1. The molecule has 1 unspecified atom stereocenters. The molecule has 3 rings (SSSR count). The Morgan fingerprint density at radius 2 is 1.55 bits per heavy atom. The fraction of sp³-hybridized carbons (Fsp3) is 0.158. The maximum Gasteiger partial charge on any atom is 0.0435 e. The Kier molecular flexibility index (Phi) is 3.88. The molecule has 0 spiro atoms. The Balaban J connectivity index is 1.84. The summed E-state index contributed by atoms with van der Waals surface area (Å²) in [6.45, 7) is 2.12. The van der Waals surface area contributed by atoms with Crippen LogP contribution in [0.25, 0.3) is 10.8 Å². The number of benzene rings is 3. The van der Waals surface area contributed by atoms with Gasteiger partial charge in [-0.05, 0) is 35.2 Å². The summed E-state index contributed by atoms with van der Waals surface area (Å²) in [4.78, 5) is 0.356. The zero-order chi connectivity index (χ0) is 13.9. The van der Waals surface area contributed by atoms with E-state index in [2.05, 4.69) is 89.6 Å². The molecule has 0 amide bonds. The standard InChI is InChI=1S/C19H17Br/c1-14-6-8-15(9-7-14)12-19(20)18-11-10-16-4-2-3-5-17(16)13-18/h2-11,13,19H,12H2,1H3.